The molecular formula is C12H11N2O3-. The molecule has 0 spiro atoms. The fourth-order valence-corrected chi connectivity index (χ4v) is 1.75. The van der Waals surface area contributed by atoms with E-state index in [-0.39, 0.29) is 12.5 Å². The van der Waals surface area contributed by atoms with E-state index in [1.165, 1.54) is 4.90 Å². The van der Waals surface area contributed by atoms with Crippen LogP contribution < -0.4 is 10.4 Å². The van der Waals surface area contributed by atoms with Gasteiger partial charge in [-0.15, -0.1) is 0 Å². The Morgan fingerprint density at radius 3 is 2.88 bits per heavy atom. The summed E-state index contributed by atoms with van der Waals surface area (Å²) in [6.07, 6.45) is 0.964. The van der Waals surface area contributed by atoms with Gasteiger partial charge in [0, 0.05) is 12.7 Å². The molecule has 1 aromatic carbocycles. The molecule has 88 valence electrons. The SMILES string of the molecule is CN1C/C(=C/C(=O)[O-])Nc2ccccc2C1=O. The summed E-state index contributed by atoms with van der Waals surface area (Å²) < 4.78 is 0. The maximum Gasteiger partial charge on any atom is 0.256 e. The number of nitrogens with one attached hydrogen (secondary N) is 1. The largest absolute Gasteiger partial charge is 0.545 e. The van der Waals surface area contributed by atoms with Crippen molar-refractivity contribution in [3.63, 3.8) is 0 Å². The van der Waals surface area contributed by atoms with Crippen LogP contribution in [0, 0.1) is 0 Å². The number of carboxylic acid groups (broad SMARTS) is 1. The fourth-order valence-electron chi connectivity index (χ4n) is 1.75. The molecule has 0 fully saturated rings. The van der Waals surface area contributed by atoms with Crippen molar-refractivity contribution in [1.29, 1.82) is 0 Å². The van der Waals surface area contributed by atoms with Gasteiger partial charge >= 0.3 is 0 Å². The number of carbonyl (C=O) groups is 2. The molecule has 0 bridgehead atoms. The number of aliphatic carboxylic acids is 1. The summed E-state index contributed by atoms with van der Waals surface area (Å²) in [5, 5.41) is 13.5. The van der Waals surface area contributed by atoms with E-state index in [1.54, 1.807) is 31.3 Å². The van der Waals surface area contributed by atoms with Crippen molar-refractivity contribution in [2.75, 3.05) is 18.9 Å². The van der Waals surface area contributed by atoms with Gasteiger partial charge in [-0.05, 0) is 18.2 Å². The highest BCUT2D eigenvalue weighted by molar-refractivity contribution is 6.01. The third-order valence-electron chi connectivity index (χ3n) is 2.50. The van der Waals surface area contributed by atoms with Crippen molar-refractivity contribution in [2.24, 2.45) is 0 Å². The van der Waals surface area contributed by atoms with Gasteiger partial charge in [0.15, 0.2) is 0 Å². The number of fused-ring (bicyclic) bond motifs is 1. The summed E-state index contributed by atoms with van der Waals surface area (Å²) in [4.78, 5) is 24.0. The van der Waals surface area contributed by atoms with Gasteiger partial charge < -0.3 is 20.1 Å². The number of carboxylic acids is 1. The average molecular weight is 231 g/mol. The van der Waals surface area contributed by atoms with Crippen LogP contribution in [0.25, 0.3) is 0 Å². The van der Waals surface area contributed by atoms with Crippen LogP contribution in [0.3, 0.4) is 0 Å². The second-order valence-corrected chi connectivity index (χ2v) is 3.82. The molecule has 0 aliphatic carbocycles. The molecule has 0 atom stereocenters. The minimum absolute atomic E-state index is 0.144. The summed E-state index contributed by atoms with van der Waals surface area (Å²) in [5.74, 6) is -1.43. The lowest BCUT2D eigenvalue weighted by molar-refractivity contribution is -0.297. The Kier molecular flexibility index (Phi) is 2.82. The first-order chi connectivity index (χ1) is 8.08. The van der Waals surface area contributed by atoms with Crippen LogP contribution in [-0.4, -0.2) is 30.4 Å². The number of benzene rings is 1. The summed E-state index contributed by atoms with van der Waals surface area (Å²) >= 11 is 0. The highest BCUT2D eigenvalue weighted by Gasteiger charge is 2.20. The lowest BCUT2D eigenvalue weighted by Gasteiger charge is -2.14. The summed E-state index contributed by atoms with van der Waals surface area (Å²) in [7, 11) is 1.62. The van der Waals surface area contributed by atoms with E-state index in [4.69, 9.17) is 0 Å². The quantitative estimate of drug-likeness (QED) is 0.680. The van der Waals surface area contributed by atoms with Gasteiger partial charge in [0.1, 0.15) is 0 Å². The third kappa shape index (κ3) is 2.28. The Hall–Kier alpha value is -2.30. The van der Waals surface area contributed by atoms with E-state index in [0.29, 0.717) is 16.9 Å². The van der Waals surface area contributed by atoms with Gasteiger partial charge in [-0.25, -0.2) is 0 Å². The molecule has 2 rings (SSSR count). The molecule has 0 saturated carbocycles. The van der Waals surface area contributed by atoms with Crippen molar-refractivity contribution in [2.45, 2.75) is 0 Å². The highest BCUT2D eigenvalue weighted by atomic mass is 16.4. The molecule has 1 N–H and O–H groups in total. The number of hydrogen-bond donors (Lipinski definition) is 1. The Labute approximate surface area is 98.4 Å². The zero-order valence-corrected chi connectivity index (χ0v) is 9.27. The lowest BCUT2D eigenvalue weighted by Crippen LogP contribution is -2.28. The molecule has 5 heteroatoms. The van der Waals surface area contributed by atoms with Crippen molar-refractivity contribution < 1.29 is 14.7 Å². The standard InChI is InChI=1S/C12H12N2O3/c1-14-7-8(6-11(15)16)13-10-5-3-2-4-9(10)12(14)17/h2-6,13H,7H2,1H3,(H,15,16)/p-1/b8-6-. The van der Waals surface area contributed by atoms with Gasteiger partial charge in [-0.2, -0.15) is 0 Å². The number of anilines is 1. The van der Waals surface area contributed by atoms with Crippen LogP contribution in [0.4, 0.5) is 5.69 Å². The first-order valence-electron chi connectivity index (χ1n) is 5.11. The van der Waals surface area contributed by atoms with Crippen molar-refractivity contribution in [3.8, 4) is 0 Å². The molecule has 1 aliphatic rings. The molecule has 0 radical (unpaired) electrons. The maximum absolute atomic E-state index is 12.0. The second-order valence-electron chi connectivity index (χ2n) is 3.82. The molecule has 17 heavy (non-hydrogen) atoms. The Morgan fingerprint density at radius 1 is 1.47 bits per heavy atom. The molecule has 0 unspecified atom stereocenters. The number of likely N-dealkylation sites (N-methyl/N-ethyl adjacent to an activating group) is 1. The molecule has 1 amide bonds. The maximum atomic E-state index is 12.0. The monoisotopic (exact) mass is 231 g/mol. The van der Waals surface area contributed by atoms with E-state index >= 15 is 0 Å². The van der Waals surface area contributed by atoms with Gasteiger partial charge in [-0.3, -0.25) is 4.79 Å². The van der Waals surface area contributed by atoms with Gasteiger partial charge in [0.2, 0.25) is 0 Å². The van der Waals surface area contributed by atoms with Crippen LogP contribution in [0.2, 0.25) is 0 Å². The van der Waals surface area contributed by atoms with Crippen molar-refractivity contribution >= 4 is 17.6 Å². The van der Waals surface area contributed by atoms with E-state index < -0.39 is 5.97 Å². The number of amides is 1. The average Bonchev–Trinajstić information content (AvgIpc) is 2.37. The number of para-hydroxylation sites is 1. The molecule has 0 saturated heterocycles. The molecule has 5 nitrogen and oxygen atoms in total. The summed E-state index contributed by atoms with van der Waals surface area (Å²) in [6, 6.07) is 6.97. The van der Waals surface area contributed by atoms with Gasteiger partial charge in [-0.1, -0.05) is 12.1 Å². The number of rotatable bonds is 1. The second kappa shape index (κ2) is 4.29. The molecule has 0 aromatic heterocycles. The van der Waals surface area contributed by atoms with E-state index in [0.717, 1.165) is 6.08 Å². The topological polar surface area (TPSA) is 72.5 Å². The van der Waals surface area contributed by atoms with E-state index in [9.17, 15) is 14.7 Å². The van der Waals surface area contributed by atoms with Crippen molar-refractivity contribution in [1.82, 2.24) is 4.90 Å². The minimum Gasteiger partial charge on any atom is -0.545 e. The van der Waals surface area contributed by atoms with Crippen LogP contribution >= 0.6 is 0 Å². The first kappa shape index (κ1) is 11.2. The van der Waals surface area contributed by atoms with Gasteiger partial charge in [0.05, 0.1) is 23.8 Å². The smallest absolute Gasteiger partial charge is 0.256 e. The van der Waals surface area contributed by atoms with E-state index in [1.807, 2.05) is 0 Å². The van der Waals surface area contributed by atoms with Crippen LogP contribution in [-0.2, 0) is 4.79 Å². The highest BCUT2D eigenvalue weighted by Crippen LogP contribution is 2.22. The number of nitrogens with zero attached hydrogens (tertiary/aromatic N) is 1. The molecule has 1 aliphatic heterocycles. The van der Waals surface area contributed by atoms with Crippen LogP contribution in [0.15, 0.2) is 36.0 Å². The Morgan fingerprint density at radius 2 is 2.18 bits per heavy atom. The normalized spacial score (nSPS) is 17.4. The first-order valence-corrected chi connectivity index (χ1v) is 5.11. The third-order valence-corrected chi connectivity index (χ3v) is 2.50. The predicted octanol–water partition coefficient (Wildman–Crippen LogP) is -0.182. The minimum atomic E-state index is -1.28. The van der Waals surface area contributed by atoms with Gasteiger partial charge in [0.25, 0.3) is 5.91 Å². The van der Waals surface area contributed by atoms with E-state index in [2.05, 4.69) is 5.32 Å². The Balaban J connectivity index is 2.45. The fraction of sp³-hybridized carbons (Fsp3) is 0.167. The predicted molar refractivity (Wildman–Crippen MR) is 60.1 cm³/mol. The molecule has 1 heterocycles. The summed E-state index contributed by atoms with van der Waals surface area (Å²) in [5.41, 5.74) is 1.55. The van der Waals surface area contributed by atoms with Crippen LogP contribution in [0.1, 0.15) is 10.4 Å². The van der Waals surface area contributed by atoms with Crippen LogP contribution in [0.5, 0.6) is 0 Å². The van der Waals surface area contributed by atoms with Crippen molar-refractivity contribution in [3.05, 3.63) is 41.6 Å². The molecule has 1 aromatic rings. The number of hydrogen-bond acceptors (Lipinski definition) is 4. The molecular weight excluding hydrogens is 220 g/mol. The summed E-state index contributed by atoms with van der Waals surface area (Å²) in [6.45, 7) is 0.210. The lowest BCUT2D eigenvalue weighted by atomic mass is 10.1. The number of carbonyl (C=O) groups excluding carboxylic acids is 2. The zero-order chi connectivity index (χ0) is 12.4. The zero-order valence-electron chi connectivity index (χ0n) is 9.27. The Bertz CT molecular complexity index is 508.